The number of carbonyl (C=O) groups excluding carboxylic acids is 2. The van der Waals surface area contributed by atoms with Gasteiger partial charge in [0.25, 0.3) is 5.91 Å². The van der Waals surface area contributed by atoms with Gasteiger partial charge < -0.3 is 9.80 Å². The minimum absolute atomic E-state index is 0.00729. The van der Waals surface area contributed by atoms with Gasteiger partial charge in [0, 0.05) is 10.5 Å². The van der Waals surface area contributed by atoms with Crippen LogP contribution in [0.4, 0.5) is 5.69 Å². The molecule has 0 spiro atoms. The maximum atomic E-state index is 13.4. The van der Waals surface area contributed by atoms with Crippen LogP contribution in [0.2, 0.25) is 0 Å². The molecule has 3 aromatic carbocycles. The van der Waals surface area contributed by atoms with Gasteiger partial charge in [0.05, 0.1) is 36.8 Å². The number of nitrogens with zero attached hydrogens (tertiary/aromatic N) is 2. The van der Waals surface area contributed by atoms with Crippen molar-refractivity contribution in [1.29, 1.82) is 0 Å². The van der Waals surface area contributed by atoms with Gasteiger partial charge in [-0.05, 0) is 23.8 Å². The predicted molar refractivity (Wildman–Crippen MR) is 136 cm³/mol. The molecule has 172 valence electrons. The molecule has 0 aromatic heterocycles. The van der Waals surface area contributed by atoms with Crippen LogP contribution in [0.25, 0.3) is 6.08 Å². The molecule has 2 amide bonds. The third kappa shape index (κ3) is 5.08. The molecule has 2 aliphatic heterocycles. The second kappa shape index (κ2) is 10.3. The highest BCUT2D eigenvalue weighted by molar-refractivity contribution is 8.04. The molecule has 3 aromatic rings. The molecule has 1 saturated heterocycles. The first-order valence-corrected chi connectivity index (χ1v) is 12.5. The number of hydrogen-bond acceptors (Lipinski definition) is 3. The molecule has 34 heavy (non-hydrogen) atoms. The molecule has 0 bridgehead atoms. The van der Waals surface area contributed by atoms with Crippen molar-refractivity contribution in [3.63, 3.8) is 0 Å². The maximum Gasteiger partial charge on any atom is 0.265 e. The molecule has 2 heterocycles. The van der Waals surface area contributed by atoms with E-state index in [9.17, 15) is 9.59 Å². The van der Waals surface area contributed by atoms with E-state index in [1.807, 2.05) is 71.6 Å². The van der Waals surface area contributed by atoms with Crippen LogP contribution in [0.3, 0.4) is 0 Å². The Morgan fingerprint density at radius 1 is 0.882 bits per heavy atom. The lowest BCUT2D eigenvalue weighted by Crippen LogP contribution is -3.13. The van der Waals surface area contributed by atoms with Crippen LogP contribution in [0.1, 0.15) is 11.1 Å². The Balaban J connectivity index is 1.28. The highest BCUT2D eigenvalue weighted by Crippen LogP contribution is 2.41. The molecule has 0 aliphatic carbocycles. The lowest BCUT2D eigenvalue weighted by atomic mass is 10.2. The Kier molecular flexibility index (Phi) is 6.79. The molecule has 2 aliphatic rings. The van der Waals surface area contributed by atoms with Crippen molar-refractivity contribution in [3.8, 4) is 0 Å². The average molecular weight is 471 g/mol. The second-order valence-corrected chi connectivity index (χ2v) is 9.76. The number of anilines is 1. The van der Waals surface area contributed by atoms with Gasteiger partial charge in [0.15, 0.2) is 0 Å². The molecule has 1 fully saturated rings. The number of benzene rings is 3. The zero-order valence-electron chi connectivity index (χ0n) is 19.0. The van der Waals surface area contributed by atoms with Crippen molar-refractivity contribution in [2.45, 2.75) is 11.4 Å². The summed E-state index contributed by atoms with van der Waals surface area (Å²) in [6, 6.07) is 28.1. The van der Waals surface area contributed by atoms with Crippen molar-refractivity contribution >= 4 is 35.3 Å². The predicted octanol–water partition coefficient (Wildman–Crippen LogP) is 3.09. The van der Waals surface area contributed by atoms with E-state index < -0.39 is 0 Å². The molecule has 1 N–H and O–H groups in total. The molecular formula is C28H28N3O2S+. The third-order valence-electron chi connectivity index (χ3n) is 6.34. The van der Waals surface area contributed by atoms with Crippen LogP contribution in [-0.2, 0) is 16.1 Å². The lowest BCUT2D eigenvalue weighted by Gasteiger charge is -2.35. The Labute approximate surface area is 204 Å². The van der Waals surface area contributed by atoms with E-state index in [1.54, 1.807) is 4.90 Å². The average Bonchev–Trinajstić information content (AvgIpc) is 2.88. The SMILES string of the molecule is O=C(CN1C(=O)C(=Cc2ccccc2)Sc2ccccc21)N1CC[NH+](Cc2ccccc2)CC1. The molecular weight excluding hydrogens is 442 g/mol. The monoisotopic (exact) mass is 470 g/mol. The Bertz CT molecular complexity index is 1190. The first-order chi connectivity index (χ1) is 16.7. The smallest absolute Gasteiger partial charge is 0.265 e. The number of nitrogens with one attached hydrogen (secondary N) is 1. The van der Waals surface area contributed by atoms with Crippen LogP contribution in [0.5, 0.6) is 0 Å². The maximum absolute atomic E-state index is 13.4. The van der Waals surface area contributed by atoms with E-state index in [2.05, 4.69) is 24.3 Å². The molecule has 6 heteroatoms. The topological polar surface area (TPSA) is 45.1 Å². The van der Waals surface area contributed by atoms with E-state index in [1.165, 1.54) is 22.2 Å². The fourth-order valence-corrected chi connectivity index (χ4v) is 5.55. The number of para-hydroxylation sites is 1. The molecule has 5 rings (SSSR count). The highest BCUT2D eigenvalue weighted by atomic mass is 32.2. The molecule has 0 unspecified atom stereocenters. The van der Waals surface area contributed by atoms with Crippen LogP contribution in [0.15, 0.2) is 94.7 Å². The van der Waals surface area contributed by atoms with Gasteiger partial charge in [0.2, 0.25) is 5.91 Å². The van der Waals surface area contributed by atoms with Crippen LogP contribution in [-0.4, -0.2) is 49.4 Å². The number of carbonyl (C=O) groups is 2. The summed E-state index contributed by atoms with van der Waals surface area (Å²) in [5, 5.41) is 0. The number of amides is 2. The number of rotatable bonds is 5. The quantitative estimate of drug-likeness (QED) is 0.583. The van der Waals surface area contributed by atoms with Gasteiger partial charge >= 0.3 is 0 Å². The largest absolute Gasteiger partial charge is 0.330 e. The summed E-state index contributed by atoms with van der Waals surface area (Å²) in [7, 11) is 0. The summed E-state index contributed by atoms with van der Waals surface area (Å²) in [4.78, 5) is 33.3. The summed E-state index contributed by atoms with van der Waals surface area (Å²) in [6.45, 7) is 4.31. The van der Waals surface area contributed by atoms with Crippen molar-refractivity contribution in [1.82, 2.24) is 4.90 Å². The summed E-state index contributed by atoms with van der Waals surface area (Å²) >= 11 is 1.47. The molecule has 0 saturated carbocycles. The van der Waals surface area contributed by atoms with Crippen molar-refractivity contribution in [2.24, 2.45) is 0 Å². The van der Waals surface area contributed by atoms with E-state index >= 15 is 0 Å². The van der Waals surface area contributed by atoms with Crippen LogP contribution in [0, 0.1) is 0 Å². The van der Waals surface area contributed by atoms with Crippen molar-refractivity contribution < 1.29 is 14.5 Å². The standard InChI is InChI=1S/C28H27N3O2S/c32-27(30-17-15-29(16-18-30)20-23-11-5-2-6-12-23)21-31-24-13-7-8-14-25(24)34-26(28(31)33)19-22-9-3-1-4-10-22/h1-14,19H,15-18,20-21H2/p+1. The van der Waals surface area contributed by atoms with Gasteiger partial charge in [0.1, 0.15) is 13.1 Å². The fourth-order valence-electron chi connectivity index (χ4n) is 4.49. The zero-order valence-corrected chi connectivity index (χ0v) is 19.8. The summed E-state index contributed by atoms with van der Waals surface area (Å²) in [6.07, 6.45) is 1.91. The van der Waals surface area contributed by atoms with Crippen LogP contribution < -0.4 is 9.80 Å². The van der Waals surface area contributed by atoms with Gasteiger partial charge in [-0.15, -0.1) is 0 Å². The Hall–Kier alpha value is -3.35. The second-order valence-electron chi connectivity index (χ2n) is 8.67. The Morgan fingerprint density at radius 3 is 2.26 bits per heavy atom. The molecule has 0 radical (unpaired) electrons. The minimum Gasteiger partial charge on any atom is -0.330 e. The van der Waals surface area contributed by atoms with E-state index in [4.69, 9.17) is 0 Å². The molecule has 0 atom stereocenters. The van der Waals surface area contributed by atoms with Crippen molar-refractivity contribution in [3.05, 3.63) is 101 Å². The van der Waals surface area contributed by atoms with Crippen molar-refractivity contribution in [2.75, 3.05) is 37.6 Å². The number of piperazine rings is 1. The summed E-state index contributed by atoms with van der Waals surface area (Å²) in [5.74, 6) is -0.109. The number of hydrogen-bond donors (Lipinski definition) is 1. The first kappa shape index (κ1) is 22.4. The van der Waals surface area contributed by atoms with E-state index in [0.29, 0.717) is 18.0 Å². The van der Waals surface area contributed by atoms with Gasteiger partial charge in [-0.25, -0.2) is 0 Å². The third-order valence-corrected chi connectivity index (χ3v) is 7.42. The normalized spacial score (nSPS) is 17.6. The fraction of sp³-hybridized carbons (Fsp3) is 0.214. The van der Waals surface area contributed by atoms with E-state index in [-0.39, 0.29) is 18.4 Å². The first-order valence-electron chi connectivity index (χ1n) is 11.7. The summed E-state index contributed by atoms with van der Waals surface area (Å²) in [5.41, 5.74) is 3.11. The minimum atomic E-state index is -0.116. The number of quaternary nitrogens is 1. The van der Waals surface area contributed by atoms with Gasteiger partial charge in [-0.3, -0.25) is 14.5 Å². The van der Waals surface area contributed by atoms with Gasteiger partial charge in [-0.1, -0.05) is 84.6 Å². The summed E-state index contributed by atoms with van der Waals surface area (Å²) < 4.78 is 0. The lowest BCUT2D eigenvalue weighted by molar-refractivity contribution is -0.917. The molecule has 5 nitrogen and oxygen atoms in total. The van der Waals surface area contributed by atoms with Crippen LogP contribution >= 0.6 is 11.8 Å². The number of thioether (sulfide) groups is 1. The Morgan fingerprint density at radius 2 is 1.53 bits per heavy atom. The van der Waals surface area contributed by atoms with Gasteiger partial charge in [-0.2, -0.15) is 0 Å². The van der Waals surface area contributed by atoms with E-state index in [0.717, 1.165) is 35.8 Å². The highest BCUT2D eigenvalue weighted by Gasteiger charge is 2.32. The number of fused-ring (bicyclic) bond motifs is 1. The zero-order chi connectivity index (χ0) is 23.3.